The van der Waals surface area contributed by atoms with E-state index < -0.39 is 6.17 Å². The summed E-state index contributed by atoms with van der Waals surface area (Å²) in [5, 5.41) is 2.96. The Kier molecular flexibility index (Phi) is 3.74. The molecule has 1 fully saturated rings. The first kappa shape index (κ1) is 11.4. The van der Waals surface area contributed by atoms with Crippen molar-refractivity contribution in [2.45, 2.75) is 18.9 Å². The van der Waals surface area contributed by atoms with Crippen molar-refractivity contribution in [2.75, 3.05) is 20.2 Å². The van der Waals surface area contributed by atoms with Crippen molar-refractivity contribution in [3.05, 3.63) is 29.8 Å². The van der Waals surface area contributed by atoms with Crippen molar-refractivity contribution in [3.63, 3.8) is 0 Å². The molecule has 16 heavy (non-hydrogen) atoms. The molecule has 1 aromatic carbocycles. The van der Waals surface area contributed by atoms with Crippen LogP contribution >= 0.6 is 0 Å². The molecule has 1 aliphatic heterocycles. The lowest BCUT2D eigenvalue weighted by Gasteiger charge is -2.13. The van der Waals surface area contributed by atoms with Gasteiger partial charge in [-0.2, -0.15) is 0 Å². The molecule has 2 atom stereocenters. The Morgan fingerprint density at radius 3 is 2.62 bits per heavy atom. The molecule has 0 spiro atoms. The monoisotopic (exact) mass is 225 g/mol. The average molecular weight is 225 g/mol. The maximum absolute atomic E-state index is 13.2. The average Bonchev–Trinajstić information content (AvgIpc) is 2.73. The van der Waals surface area contributed by atoms with Gasteiger partial charge in [-0.15, -0.1) is 0 Å². The fourth-order valence-corrected chi connectivity index (χ4v) is 1.71. The molecule has 0 radical (unpaired) electrons. The third kappa shape index (κ3) is 2.71. The lowest BCUT2D eigenvalue weighted by atomic mass is 10.2. The zero-order chi connectivity index (χ0) is 11.4. The highest BCUT2D eigenvalue weighted by molar-refractivity contribution is 5.26. The highest BCUT2D eigenvalue weighted by atomic mass is 19.1. The molecular formula is C12H16FNO2. The Morgan fingerprint density at radius 1 is 1.31 bits per heavy atom. The number of rotatable bonds is 4. The molecule has 0 saturated carbocycles. The smallest absolute Gasteiger partial charge is 0.140 e. The first-order chi connectivity index (χ1) is 7.79. The zero-order valence-electron chi connectivity index (χ0n) is 9.28. The zero-order valence-corrected chi connectivity index (χ0v) is 9.28. The minimum atomic E-state index is -0.891. The lowest BCUT2D eigenvalue weighted by Crippen LogP contribution is -2.23. The van der Waals surface area contributed by atoms with E-state index in [0.717, 1.165) is 11.3 Å². The van der Waals surface area contributed by atoms with Gasteiger partial charge in [0.1, 0.15) is 18.0 Å². The summed E-state index contributed by atoms with van der Waals surface area (Å²) in [7, 11) is 1.63. The van der Waals surface area contributed by atoms with Crippen LogP contribution in [-0.2, 0) is 11.3 Å². The predicted octanol–water partition coefficient (Wildman–Crippen LogP) is 1.52. The molecule has 4 heteroatoms. The minimum absolute atomic E-state index is 0.317. The van der Waals surface area contributed by atoms with Crippen LogP contribution in [-0.4, -0.2) is 32.5 Å². The summed E-state index contributed by atoms with van der Waals surface area (Å²) >= 11 is 0. The topological polar surface area (TPSA) is 30.5 Å². The Bertz CT molecular complexity index is 328. The molecule has 0 amide bonds. The molecule has 0 bridgehead atoms. The van der Waals surface area contributed by atoms with Gasteiger partial charge < -0.3 is 14.8 Å². The van der Waals surface area contributed by atoms with Crippen LogP contribution in [0.5, 0.6) is 5.75 Å². The molecule has 1 heterocycles. The highest BCUT2D eigenvalue weighted by Crippen LogP contribution is 2.15. The van der Waals surface area contributed by atoms with Crippen molar-refractivity contribution < 1.29 is 13.9 Å². The molecule has 2 unspecified atom stereocenters. The van der Waals surface area contributed by atoms with Crippen LogP contribution < -0.4 is 10.1 Å². The lowest BCUT2D eigenvalue weighted by molar-refractivity contribution is 0.0139. The molecule has 3 nitrogen and oxygen atoms in total. The van der Waals surface area contributed by atoms with E-state index in [1.165, 1.54) is 0 Å². The van der Waals surface area contributed by atoms with Crippen LogP contribution in [0.2, 0.25) is 0 Å². The summed E-state index contributed by atoms with van der Waals surface area (Å²) in [4.78, 5) is 0. The molecule has 1 saturated heterocycles. The Morgan fingerprint density at radius 2 is 2.06 bits per heavy atom. The number of alkyl halides is 1. The maximum Gasteiger partial charge on any atom is 0.140 e. The van der Waals surface area contributed by atoms with Crippen LogP contribution in [0.4, 0.5) is 4.39 Å². The van der Waals surface area contributed by atoms with Gasteiger partial charge in [-0.1, -0.05) is 12.1 Å². The van der Waals surface area contributed by atoms with Crippen LogP contribution in [0.3, 0.4) is 0 Å². The molecule has 1 aromatic rings. The van der Waals surface area contributed by atoms with E-state index in [1.807, 2.05) is 24.3 Å². The molecule has 88 valence electrons. The van der Waals surface area contributed by atoms with Gasteiger partial charge in [-0.25, -0.2) is 4.39 Å². The second-order valence-electron chi connectivity index (χ2n) is 3.87. The predicted molar refractivity (Wildman–Crippen MR) is 59.3 cm³/mol. The Hall–Kier alpha value is -1.13. The molecule has 2 rings (SSSR count). The summed E-state index contributed by atoms with van der Waals surface area (Å²) in [6.07, 6.45) is -1.21. The Balaban J connectivity index is 1.84. The second-order valence-corrected chi connectivity index (χ2v) is 3.87. The third-order valence-corrected chi connectivity index (χ3v) is 2.71. The molecular weight excluding hydrogens is 209 g/mol. The van der Waals surface area contributed by atoms with E-state index in [2.05, 4.69) is 5.32 Å². The second kappa shape index (κ2) is 5.27. The standard InChI is InChI=1S/C12H16FNO2/c1-15-10-4-2-9(3-5-10)8-16-12-7-14-6-11(12)13/h2-5,11-12,14H,6-8H2,1H3. The van der Waals surface area contributed by atoms with Gasteiger partial charge in [0.25, 0.3) is 0 Å². The summed E-state index contributed by atoms with van der Waals surface area (Å²) in [6.45, 7) is 1.43. The van der Waals surface area contributed by atoms with E-state index in [0.29, 0.717) is 19.7 Å². The van der Waals surface area contributed by atoms with E-state index in [1.54, 1.807) is 7.11 Å². The summed E-state index contributed by atoms with van der Waals surface area (Å²) in [6, 6.07) is 7.60. The summed E-state index contributed by atoms with van der Waals surface area (Å²) < 4.78 is 23.8. The summed E-state index contributed by atoms with van der Waals surface area (Å²) in [5.41, 5.74) is 1.03. The first-order valence-electron chi connectivity index (χ1n) is 5.39. The van der Waals surface area contributed by atoms with E-state index in [-0.39, 0.29) is 6.10 Å². The molecule has 0 aliphatic carbocycles. The van der Waals surface area contributed by atoms with Crippen molar-refractivity contribution >= 4 is 0 Å². The van der Waals surface area contributed by atoms with E-state index in [4.69, 9.17) is 9.47 Å². The van der Waals surface area contributed by atoms with Gasteiger partial charge in [0.15, 0.2) is 0 Å². The number of halogens is 1. The van der Waals surface area contributed by atoms with E-state index >= 15 is 0 Å². The fraction of sp³-hybridized carbons (Fsp3) is 0.500. The highest BCUT2D eigenvalue weighted by Gasteiger charge is 2.27. The van der Waals surface area contributed by atoms with Crippen molar-refractivity contribution in [3.8, 4) is 5.75 Å². The van der Waals surface area contributed by atoms with Crippen LogP contribution in [0, 0.1) is 0 Å². The quantitative estimate of drug-likeness (QED) is 0.842. The van der Waals surface area contributed by atoms with Crippen molar-refractivity contribution in [2.24, 2.45) is 0 Å². The van der Waals surface area contributed by atoms with Crippen LogP contribution in [0.15, 0.2) is 24.3 Å². The van der Waals surface area contributed by atoms with Crippen molar-refractivity contribution in [1.82, 2.24) is 5.32 Å². The summed E-state index contributed by atoms with van der Waals surface area (Å²) in [5.74, 6) is 0.814. The number of nitrogens with one attached hydrogen (secondary N) is 1. The van der Waals surface area contributed by atoms with E-state index in [9.17, 15) is 4.39 Å². The fourth-order valence-electron chi connectivity index (χ4n) is 1.71. The number of hydrogen-bond acceptors (Lipinski definition) is 3. The first-order valence-corrected chi connectivity index (χ1v) is 5.39. The third-order valence-electron chi connectivity index (χ3n) is 2.71. The maximum atomic E-state index is 13.2. The number of hydrogen-bond donors (Lipinski definition) is 1. The van der Waals surface area contributed by atoms with Crippen LogP contribution in [0.1, 0.15) is 5.56 Å². The van der Waals surface area contributed by atoms with Gasteiger partial charge in [-0.05, 0) is 17.7 Å². The van der Waals surface area contributed by atoms with Gasteiger partial charge in [-0.3, -0.25) is 0 Å². The van der Waals surface area contributed by atoms with Gasteiger partial charge in [0, 0.05) is 13.1 Å². The van der Waals surface area contributed by atoms with Gasteiger partial charge in [0.05, 0.1) is 13.7 Å². The molecule has 1 aliphatic rings. The number of benzene rings is 1. The number of ether oxygens (including phenoxy) is 2. The number of methoxy groups -OCH3 is 1. The SMILES string of the molecule is COc1ccc(COC2CNCC2F)cc1. The largest absolute Gasteiger partial charge is 0.497 e. The van der Waals surface area contributed by atoms with Gasteiger partial charge >= 0.3 is 0 Å². The van der Waals surface area contributed by atoms with Crippen LogP contribution in [0.25, 0.3) is 0 Å². The molecule has 0 aromatic heterocycles. The normalized spacial score (nSPS) is 24.6. The Labute approximate surface area is 94.6 Å². The molecule has 1 N–H and O–H groups in total. The minimum Gasteiger partial charge on any atom is -0.497 e. The van der Waals surface area contributed by atoms with Crippen molar-refractivity contribution in [1.29, 1.82) is 0 Å². The van der Waals surface area contributed by atoms with Gasteiger partial charge in [0.2, 0.25) is 0 Å².